The molecule has 2 aromatic carbocycles. The van der Waals surface area contributed by atoms with Gasteiger partial charge in [0.1, 0.15) is 5.69 Å². The number of benzene rings is 2. The molecular weight excluding hydrogens is 356 g/mol. The lowest BCUT2D eigenvalue weighted by Gasteiger charge is -2.37. The second-order valence-corrected chi connectivity index (χ2v) is 6.94. The Bertz CT molecular complexity index is 801. The van der Waals surface area contributed by atoms with Crippen molar-refractivity contribution < 1.29 is 4.92 Å². The van der Waals surface area contributed by atoms with Crippen LogP contribution in [-0.4, -0.2) is 4.92 Å². The maximum absolute atomic E-state index is 11.4. The predicted molar refractivity (Wildman–Crippen MR) is 93.6 cm³/mol. The number of hydrogen-bond acceptors (Lipinski definition) is 3. The summed E-state index contributed by atoms with van der Waals surface area (Å²) >= 11 is 3.46. The van der Waals surface area contributed by atoms with Crippen molar-refractivity contribution in [2.24, 2.45) is 5.92 Å². The largest absolute Gasteiger partial charge is 0.372 e. The second kappa shape index (κ2) is 5.49. The van der Waals surface area contributed by atoms with Crippen LogP contribution in [0.3, 0.4) is 0 Å². The van der Waals surface area contributed by atoms with Crippen LogP contribution < -0.4 is 5.32 Å². The minimum Gasteiger partial charge on any atom is -0.372 e. The summed E-state index contributed by atoms with van der Waals surface area (Å²) in [5.74, 6) is 0.630. The third-order valence-electron chi connectivity index (χ3n) is 4.80. The monoisotopic (exact) mass is 370 g/mol. The minimum absolute atomic E-state index is 0.0803. The summed E-state index contributed by atoms with van der Waals surface area (Å²) in [7, 11) is 0. The molecule has 0 aromatic heterocycles. The number of hydrogen-bond donors (Lipinski definition) is 1. The van der Waals surface area contributed by atoms with Crippen LogP contribution in [-0.2, 0) is 0 Å². The summed E-state index contributed by atoms with van der Waals surface area (Å²) in [5, 5.41) is 14.9. The zero-order valence-corrected chi connectivity index (χ0v) is 13.9. The predicted octanol–water partition coefficient (Wildman–Crippen LogP) is 5.18. The van der Waals surface area contributed by atoms with E-state index in [9.17, 15) is 10.1 Å². The van der Waals surface area contributed by atoms with Gasteiger partial charge < -0.3 is 5.32 Å². The van der Waals surface area contributed by atoms with Gasteiger partial charge >= 0.3 is 0 Å². The Labute approximate surface area is 142 Å². The van der Waals surface area contributed by atoms with E-state index in [-0.39, 0.29) is 22.6 Å². The van der Waals surface area contributed by atoms with Gasteiger partial charge in [0.2, 0.25) is 0 Å². The van der Waals surface area contributed by atoms with E-state index in [2.05, 4.69) is 45.5 Å². The van der Waals surface area contributed by atoms with Crippen molar-refractivity contribution in [1.29, 1.82) is 0 Å². The molecule has 1 heterocycles. The molecule has 0 fully saturated rings. The van der Waals surface area contributed by atoms with Gasteiger partial charge in [0.15, 0.2) is 0 Å². The molecule has 3 atom stereocenters. The fraction of sp³-hybridized carbons (Fsp3) is 0.222. The molecule has 0 radical (unpaired) electrons. The standard InChI is InChI=1S/C18H15BrN2O2/c19-12-9-7-11(8-10-12)17-14-4-1-3-13(14)15-5-2-6-16(21(22)23)18(15)20-17/h1-3,5-10,13-14,17,20H,4H2/t13-,14+,17-/m0/s1. The topological polar surface area (TPSA) is 55.2 Å². The van der Waals surface area contributed by atoms with Gasteiger partial charge in [-0.15, -0.1) is 0 Å². The maximum atomic E-state index is 11.4. The summed E-state index contributed by atoms with van der Waals surface area (Å²) < 4.78 is 1.03. The van der Waals surface area contributed by atoms with Crippen LogP contribution in [0.1, 0.15) is 29.5 Å². The Kier molecular flexibility index (Phi) is 3.45. The highest BCUT2D eigenvalue weighted by Crippen LogP contribution is 2.51. The highest BCUT2D eigenvalue weighted by Gasteiger charge is 2.40. The van der Waals surface area contributed by atoms with Crippen LogP contribution in [0.2, 0.25) is 0 Å². The molecule has 23 heavy (non-hydrogen) atoms. The van der Waals surface area contributed by atoms with Gasteiger partial charge in [-0.3, -0.25) is 10.1 Å². The summed E-state index contributed by atoms with van der Waals surface area (Å²) in [6, 6.07) is 13.6. The molecule has 0 spiro atoms. The number of nitro groups is 1. The number of para-hydroxylation sites is 1. The number of nitrogens with zero attached hydrogens (tertiary/aromatic N) is 1. The Balaban J connectivity index is 1.83. The normalized spacial score (nSPS) is 24.7. The molecule has 4 nitrogen and oxygen atoms in total. The van der Waals surface area contributed by atoms with E-state index in [0.717, 1.165) is 22.0 Å². The number of halogens is 1. The molecule has 0 unspecified atom stereocenters. The third kappa shape index (κ3) is 2.36. The van der Waals surface area contributed by atoms with Crippen LogP contribution >= 0.6 is 15.9 Å². The molecule has 0 bridgehead atoms. The van der Waals surface area contributed by atoms with E-state index < -0.39 is 0 Å². The molecule has 5 heteroatoms. The highest BCUT2D eigenvalue weighted by molar-refractivity contribution is 9.10. The van der Waals surface area contributed by atoms with E-state index >= 15 is 0 Å². The average molecular weight is 371 g/mol. The Morgan fingerprint density at radius 1 is 1.17 bits per heavy atom. The van der Waals surface area contributed by atoms with Crippen molar-refractivity contribution in [2.75, 3.05) is 5.32 Å². The Morgan fingerprint density at radius 2 is 1.96 bits per heavy atom. The fourth-order valence-electron chi connectivity index (χ4n) is 3.76. The molecule has 1 N–H and O–H groups in total. The molecule has 2 aromatic rings. The van der Waals surface area contributed by atoms with Crippen molar-refractivity contribution >= 4 is 27.3 Å². The highest BCUT2D eigenvalue weighted by atomic mass is 79.9. The van der Waals surface area contributed by atoms with E-state index in [4.69, 9.17) is 0 Å². The first-order valence-corrected chi connectivity index (χ1v) is 8.40. The number of nitrogens with one attached hydrogen (secondary N) is 1. The van der Waals surface area contributed by atoms with Crippen molar-refractivity contribution in [2.45, 2.75) is 18.4 Å². The average Bonchev–Trinajstić information content (AvgIpc) is 3.04. The minimum atomic E-state index is -0.302. The van der Waals surface area contributed by atoms with Gasteiger partial charge in [0.25, 0.3) is 5.69 Å². The molecule has 4 rings (SSSR count). The van der Waals surface area contributed by atoms with Crippen LogP contribution in [0.5, 0.6) is 0 Å². The van der Waals surface area contributed by atoms with Gasteiger partial charge in [0, 0.05) is 16.5 Å². The zero-order valence-electron chi connectivity index (χ0n) is 12.3. The molecule has 0 saturated heterocycles. The quantitative estimate of drug-likeness (QED) is 0.449. The smallest absolute Gasteiger partial charge is 0.292 e. The number of allylic oxidation sites excluding steroid dienone is 2. The lowest BCUT2D eigenvalue weighted by atomic mass is 9.77. The molecule has 0 amide bonds. The first-order chi connectivity index (χ1) is 11.1. The lowest BCUT2D eigenvalue weighted by molar-refractivity contribution is -0.384. The summed E-state index contributed by atoms with van der Waals surface area (Å²) in [5.41, 5.74) is 3.02. The van der Waals surface area contributed by atoms with Gasteiger partial charge in [-0.25, -0.2) is 0 Å². The van der Waals surface area contributed by atoms with Crippen molar-refractivity contribution in [1.82, 2.24) is 0 Å². The van der Waals surface area contributed by atoms with Crippen LogP contribution in [0, 0.1) is 16.0 Å². The van der Waals surface area contributed by atoms with Gasteiger partial charge in [0.05, 0.1) is 11.0 Å². The molecule has 2 aliphatic rings. The summed E-state index contributed by atoms with van der Waals surface area (Å²) in [6.07, 6.45) is 5.37. The van der Waals surface area contributed by atoms with Crippen LogP contribution in [0.25, 0.3) is 0 Å². The van der Waals surface area contributed by atoms with E-state index in [1.54, 1.807) is 12.1 Å². The van der Waals surface area contributed by atoms with E-state index in [1.807, 2.05) is 18.2 Å². The number of rotatable bonds is 2. The van der Waals surface area contributed by atoms with E-state index in [0.29, 0.717) is 11.6 Å². The number of fused-ring (bicyclic) bond motifs is 3. The number of nitro benzene ring substituents is 1. The number of anilines is 1. The molecule has 1 aliphatic heterocycles. The molecule has 0 saturated carbocycles. The van der Waals surface area contributed by atoms with Gasteiger partial charge in [-0.2, -0.15) is 0 Å². The first kappa shape index (κ1) is 14.5. The van der Waals surface area contributed by atoms with Crippen LogP contribution in [0.4, 0.5) is 11.4 Å². The summed E-state index contributed by atoms with van der Waals surface area (Å²) in [4.78, 5) is 11.1. The Morgan fingerprint density at radius 3 is 2.70 bits per heavy atom. The molecular formula is C18H15BrN2O2. The SMILES string of the molecule is O=[N+]([O-])c1cccc2c1N[C@@H](c1ccc(Br)cc1)[C@@H]1CC=C[C@H]21. The fourth-order valence-corrected chi connectivity index (χ4v) is 4.02. The zero-order chi connectivity index (χ0) is 16.0. The van der Waals surface area contributed by atoms with E-state index in [1.165, 1.54) is 0 Å². The second-order valence-electron chi connectivity index (χ2n) is 6.03. The molecule has 116 valence electrons. The van der Waals surface area contributed by atoms with Crippen molar-refractivity contribution in [3.05, 3.63) is 80.3 Å². The first-order valence-electron chi connectivity index (χ1n) is 7.61. The maximum Gasteiger partial charge on any atom is 0.292 e. The van der Waals surface area contributed by atoms with Gasteiger partial charge in [-0.1, -0.05) is 52.3 Å². The van der Waals surface area contributed by atoms with Crippen molar-refractivity contribution in [3.8, 4) is 0 Å². The van der Waals surface area contributed by atoms with Crippen molar-refractivity contribution in [3.63, 3.8) is 0 Å². The Hall–Kier alpha value is -2.14. The third-order valence-corrected chi connectivity index (χ3v) is 5.33. The van der Waals surface area contributed by atoms with Gasteiger partial charge in [-0.05, 0) is 35.6 Å². The molecule has 1 aliphatic carbocycles. The lowest BCUT2D eigenvalue weighted by Crippen LogP contribution is -2.29. The summed E-state index contributed by atoms with van der Waals surface area (Å²) in [6.45, 7) is 0. The van der Waals surface area contributed by atoms with Crippen LogP contribution in [0.15, 0.2) is 59.1 Å².